The Hall–Kier alpha value is -1.09. The van der Waals surface area contributed by atoms with E-state index >= 15 is 0 Å². The highest BCUT2D eigenvalue weighted by atomic mass is 19.1. The van der Waals surface area contributed by atoms with Crippen LogP contribution in [0, 0.1) is 5.82 Å². The second kappa shape index (κ2) is 5.12. The fourth-order valence-electron chi connectivity index (χ4n) is 1.46. The van der Waals surface area contributed by atoms with Crippen molar-refractivity contribution in [2.24, 2.45) is 0 Å². The van der Waals surface area contributed by atoms with Crippen LogP contribution in [0.2, 0.25) is 0 Å². The molecule has 84 valence electrons. The van der Waals surface area contributed by atoms with Gasteiger partial charge < -0.3 is 10.0 Å². The quantitative estimate of drug-likeness (QED) is 0.827. The third-order valence-corrected chi connectivity index (χ3v) is 2.78. The Morgan fingerprint density at radius 3 is 2.60 bits per heavy atom. The number of benzene rings is 1. The highest BCUT2D eigenvalue weighted by Gasteiger charge is 2.09. The number of rotatable bonds is 4. The van der Waals surface area contributed by atoms with Crippen LogP contribution in [0.1, 0.15) is 25.8 Å². The lowest BCUT2D eigenvalue weighted by atomic mass is 10.1. The molecular weight excluding hydrogens is 193 g/mol. The van der Waals surface area contributed by atoms with Gasteiger partial charge in [-0.05, 0) is 37.1 Å². The highest BCUT2D eigenvalue weighted by molar-refractivity contribution is 5.49. The molecule has 15 heavy (non-hydrogen) atoms. The monoisotopic (exact) mass is 211 g/mol. The van der Waals surface area contributed by atoms with E-state index in [0.29, 0.717) is 11.6 Å². The Balaban J connectivity index is 2.97. The maximum absolute atomic E-state index is 13.2. The zero-order valence-electron chi connectivity index (χ0n) is 9.50. The van der Waals surface area contributed by atoms with Gasteiger partial charge in [-0.1, -0.05) is 6.92 Å². The van der Waals surface area contributed by atoms with Crippen molar-refractivity contribution in [2.75, 3.05) is 11.9 Å². The van der Waals surface area contributed by atoms with E-state index in [1.54, 1.807) is 0 Å². The number of hydrogen-bond donors (Lipinski definition) is 1. The van der Waals surface area contributed by atoms with E-state index in [9.17, 15) is 4.39 Å². The van der Waals surface area contributed by atoms with Crippen molar-refractivity contribution in [3.05, 3.63) is 29.6 Å². The zero-order chi connectivity index (χ0) is 11.4. The average molecular weight is 211 g/mol. The molecule has 0 saturated carbocycles. The molecule has 0 amide bonds. The fraction of sp³-hybridized carbons (Fsp3) is 0.500. The minimum absolute atomic E-state index is 0.126. The first-order chi connectivity index (χ1) is 7.08. The van der Waals surface area contributed by atoms with Crippen LogP contribution in [-0.2, 0) is 6.61 Å². The van der Waals surface area contributed by atoms with Gasteiger partial charge in [0.25, 0.3) is 0 Å². The number of nitrogens with zero attached hydrogens (tertiary/aromatic N) is 1. The summed E-state index contributed by atoms with van der Waals surface area (Å²) in [6.07, 6.45) is 1.00. The number of aliphatic hydroxyl groups is 1. The summed E-state index contributed by atoms with van der Waals surface area (Å²) in [7, 11) is 1.93. The molecule has 0 aliphatic rings. The largest absolute Gasteiger partial charge is 0.392 e. The maximum atomic E-state index is 13.2. The molecule has 1 rings (SSSR count). The van der Waals surface area contributed by atoms with E-state index in [-0.39, 0.29) is 12.4 Å². The number of anilines is 1. The van der Waals surface area contributed by atoms with Gasteiger partial charge in [0.1, 0.15) is 5.82 Å². The van der Waals surface area contributed by atoms with Crippen LogP contribution >= 0.6 is 0 Å². The van der Waals surface area contributed by atoms with E-state index in [0.717, 1.165) is 12.1 Å². The molecular formula is C12H18FNO. The molecule has 0 saturated heterocycles. The van der Waals surface area contributed by atoms with Crippen molar-refractivity contribution in [3.8, 4) is 0 Å². The molecule has 0 aromatic heterocycles. The molecule has 0 bridgehead atoms. The van der Waals surface area contributed by atoms with Crippen LogP contribution in [0.5, 0.6) is 0 Å². The van der Waals surface area contributed by atoms with Crippen LogP contribution in [0.25, 0.3) is 0 Å². The van der Waals surface area contributed by atoms with Gasteiger partial charge in [-0.2, -0.15) is 0 Å². The summed E-state index contributed by atoms with van der Waals surface area (Å²) in [5.74, 6) is -0.299. The third kappa shape index (κ3) is 2.93. The lowest BCUT2D eigenvalue weighted by Crippen LogP contribution is -2.28. The topological polar surface area (TPSA) is 23.5 Å². The minimum Gasteiger partial charge on any atom is -0.392 e. The Morgan fingerprint density at radius 2 is 2.07 bits per heavy atom. The number of hydrogen-bond acceptors (Lipinski definition) is 2. The van der Waals surface area contributed by atoms with Gasteiger partial charge in [-0.25, -0.2) is 4.39 Å². The molecule has 0 fully saturated rings. The van der Waals surface area contributed by atoms with Gasteiger partial charge >= 0.3 is 0 Å². The lowest BCUT2D eigenvalue weighted by molar-refractivity contribution is 0.281. The van der Waals surface area contributed by atoms with Gasteiger partial charge in [-0.3, -0.25) is 0 Å². The van der Waals surface area contributed by atoms with Crippen molar-refractivity contribution < 1.29 is 9.50 Å². The minimum atomic E-state index is -0.299. The second-order valence-electron chi connectivity index (χ2n) is 3.84. The number of aliphatic hydroxyl groups excluding tert-OH is 1. The Bertz CT molecular complexity index is 327. The molecule has 0 spiro atoms. The predicted molar refractivity (Wildman–Crippen MR) is 60.5 cm³/mol. The molecule has 3 heteroatoms. The van der Waals surface area contributed by atoms with Crippen molar-refractivity contribution >= 4 is 5.69 Å². The zero-order valence-corrected chi connectivity index (χ0v) is 9.50. The van der Waals surface area contributed by atoms with E-state index in [1.165, 1.54) is 12.1 Å². The summed E-state index contributed by atoms with van der Waals surface area (Å²) in [5, 5.41) is 8.98. The smallest absolute Gasteiger partial charge is 0.125 e. The lowest BCUT2D eigenvalue weighted by Gasteiger charge is -2.26. The summed E-state index contributed by atoms with van der Waals surface area (Å²) in [4.78, 5) is 2.02. The van der Waals surface area contributed by atoms with E-state index in [1.807, 2.05) is 18.0 Å². The van der Waals surface area contributed by atoms with Gasteiger partial charge in [0, 0.05) is 18.8 Å². The van der Waals surface area contributed by atoms with Crippen molar-refractivity contribution in [1.29, 1.82) is 0 Å². The average Bonchev–Trinajstić information content (AvgIpc) is 2.26. The van der Waals surface area contributed by atoms with Gasteiger partial charge in [0.2, 0.25) is 0 Å². The highest BCUT2D eigenvalue weighted by Crippen LogP contribution is 2.20. The summed E-state index contributed by atoms with van der Waals surface area (Å²) in [6.45, 7) is 4.05. The summed E-state index contributed by atoms with van der Waals surface area (Å²) in [6, 6.07) is 5.02. The molecule has 0 aliphatic heterocycles. The molecule has 1 N–H and O–H groups in total. The van der Waals surface area contributed by atoms with Gasteiger partial charge in [0.05, 0.1) is 6.61 Å². The first-order valence-corrected chi connectivity index (χ1v) is 5.21. The molecule has 1 aromatic carbocycles. The molecule has 2 nitrogen and oxygen atoms in total. The van der Waals surface area contributed by atoms with Crippen molar-refractivity contribution in [2.45, 2.75) is 32.9 Å². The Labute approximate surface area is 90.3 Å². The molecule has 1 atom stereocenters. The Morgan fingerprint density at radius 1 is 1.40 bits per heavy atom. The van der Waals surface area contributed by atoms with Crippen LogP contribution in [-0.4, -0.2) is 18.2 Å². The maximum Gasteiger partial charge on any atom is 0.125 e. The molecule has 0 aliphatic carbocycles. The molecule has 0 radical (unpaired) electrons. The van der Waals surface area contributed by atoms with Crippen molar-refractivity contribution in [3.63, 3.8) is 0 Å². The Kier molecular flexibility index (Phi) is 4.09. The third-order valence-electron chi connectivity index (χ3n) is 2.78. The molecule has 0 heterocycles. The standard InChI is InChI=1S/C12H18FNO/c1-4-9(2)14(3)12-6-10(8-15)5-11(13)7-12/h5-7,9,15H,4,8H2,1-3H3. The molecule has 1 unspecified atom stereocenters. The fourth-order valence-corrected chi connectivity index (χ4v) is 1.46. The van der Waals surface area contributed by atoms with Crippen LogP contribution in [0.15, 0.2) is 18.2 Å². The van der Waals surface area contributed by atoms with Crippen LogP contribution < -0.4 is 4.90 Å². The first-order valence-electron chi connectivity index (χ1n) is 5.21. The summed E-state index contributed by atoms with van der Waals surface area (Å²) < 4.78 is 13.2. The van der Waals surface area contributed by atoms with E-state index < -0.39 is 0 Å². The predicted octanol–water partition coefficient (Wildman–Crippen LogP) is 2.55. The first kappa shape index (κ1) is 12.0. The molecule has 1 aromatic rings. The van der Waals surface area contributed by atoms with Gasteiger partial charge in [0.15, 0.2) is 0 Å². The summed E-state index contributed by atoms with van der Waals surface area (Å²) in [5.41, 5.74) is 1.42. The van der Waals surface area contributed by atoms with Crippen LogP contribution in [0.4, 0.5) is 10.1 Å². The van der Waals surface area contributed by atoms with E-state index in [4.69, 9.17) is 5.11 Å². The number of halogens is 1. The van der Waals surface area contributed by atoms with Gasteiger partial charge in [-0.15, -0.1) is 0 Å². The SMILES string of the molecule is CCC(C)N(C)c1cc(F)cc(CO)c1. The van der Waals surface area contributed by atoms with Crippen LogP contribution in [0.3, 0.4) is 0 Å². The normalized spacial score (nSPS) is 12.6. The van der Waals surface area contributed by atoms with E-state index in [2.05, 4.69) is 13.8 Å². The second-order valence-corrected chi connectivity index (χ2v) is 3.84. The van der Waals surface area contributed by atoms with Crippen molar-refractivity contribution in [1.82, 2.24) is 0 Å². The summed E-state index contributed by atoms with van der Waals surface area (Å²) >= 11 is 0.